The average molecular weight is 253 g/mol. The van der Waals surface area contributed by atoms with Gasteiger partial charge in [-0.05, 0) is 43.6 Å². The molecular formula is C14H27N3O. The first-order valence-electron chi connectivity index (χ1n) is 7.24. The van der Waals surface area contributed by atoms with E-state index in [4.69, 9.17) is 11.5 Å². The van der Waals surface area contributed by atoms with Gasteiger partial charge < -0.3 is 16.4 Å². The van der Waals surface area contributed by atoms with Gasteiger partial charge in [-0.25, -0.2) is 0 Å². The Kier molecular flexibility index (Phi) is 3.97. The summed E-state index contributed by atoms with van der Waals surface area (Å²) in [4.78, 5) is 14.0. The van der Waals surface area contributed by atoms with Crippen molar-refractivity contribution in [3.63, 3.8) is 0 Å². The summed E-state index contributed by atoms with van der Waals surface area (Å²) in [5.74, 6) is 1.54. The van der Waals surface area contributed by atoms with Crippen LogP contribution in [0.1, 0.15) is 39.5 Å². The fourth-order valence-electron chi connectivity index (χ4n) is 3.60. The zero-order chi connectivity index (χ0) is 13.3. The predicted octanol–water partition coefficient (Wildman–Crippen LogP) is 0.947. The molecule has 4 heteroatoms. The maximum Gasteiger partial charge on any atom is 0.237 e. The average Bonchev–Trinajstić information content (AvgIpc) is 2.82. The summed E-state index contributed by atoms with van der Waals surface area (Å²) in [5, 5.41) is 0. The molecule has 0 spiro atoms. The summed E-state index contributed by atoms with van der Waals surface area (Å²) < 4.78 is 0. The standard InChI is InChI=1S/C14H27N3O/c1-10-8-17(9-11(10)2)7-5-12-4-3-6-14(12,16)13(15)18/h10-12H,3-9,16H2,1-2H3,(H2,15,18). The van der Waals surface area contributed by atoms with Crippen molar-refractivity contribution in [2.24, 2.45) is 29.2 Å². The molecular weight excluding hydrogens is 226 g/mol. The van der Waals surface area contributed by atoms with Crippen LogP contribution >= 0.6 is 0 Å². The third kappa shape index (κ3) is 2.54. The van der Waals surface area contributed by atoms with Crippen LogP contribution in [-0.4, -0.2) is 36.0 Å². The first-order valence-corrected chi connectivity index (χ1v) is 7.24. The van der Waals surface area contributed by atoms with Crippen molar-refractivity contribution in [2.45, 2.75) is 45.1 Å². The molecule has 18 heavy (non-hydrogen) atoms. The van der Waals surface area contributed by atoms with Gasteiger partial charge in [-0.15, -0.1) is 0 Å². The third-order valence-corrected chi connectivity index (χ3v) is 5.19. The second-order valence-electron chi connectivity index (χ2n) is 6.50. The molecule has 2 fully saturated rings. The van der Waals surface area contributed by atoms with Crippen LogP contribution in [-0.2, 0) is 4.79 Å². The first-order chi connectivity index (χ1) is 8.43. The Hall–Kier alpha value is -0.610. The Morgan fingerprint density at radius 2 is 1.94 bits per heavy atom. The Morgan fingerprint density at radius 1 is 1.33 bits per heavy atom. The van der Waals surface area contributed by atoms with E-state index in [9.17, 15) is 4.79 Å². The Morgan fingerprint density at radius 3 is 2.50 bits per heavy atom. The van der Waals surface area contributed by atoms with Gasteiger partial charge in [0.1, 0.15) is 0 Å². The minimum atomic E-state index is -0.739. The van der Waals surface area contributed by atoms with Crippen molar-refractivity contribution in [1.29, 1.82) is 0 Å². The van der Waals surface area contributed by atoms with Gasteiger partial charge in [-0.3, -0.25) is 4.79 Å². The lowest BCUT2D eigenvalue weighted by Crippen LogP contribution is -2.55. The van der Waals surface area contributed by atoms with E-state index in [0.717, 1.165) is 44.1 Å². The van der Waals surface area contributed by atoms with Gasteiger partial charge in [0.25, 0.3) is 0 Å². The highest BCUT2D eigenvalue weighted by atomic mass is 16.1. The van der Waals surface area contributed by atoms with Gasteiger partial charge in [0.2, 0.25) is 5.91 Å². The molecule has 0 bridgehead atoms. The minimum Gasteiger partial charge on any atom is -0.368 e. The van der Waals surface area contributed by atoms with Crippen molar-refractivity contribution < 1.29 is 4.79 Å². The van der Waals surface area contributed by atoms with Gasteiger partial charge in [-0.2, -0.15) is 0 Å². The maximum absolute atomic E-state index is 11.5. The summed E-state index contributed by atoms with van der Waals surface area (Å²) in [6.07, 6.45) is 3.87. The van der Waals surface area contributed by atoms with Crippen molar-refractivity contribution in [3.8, 4) is 0 Å². The molecule has 0 aromatic carbocycles. The van der Waals surface area contributed by atoms with E-state index in [1.54, 1.807) is 0 Å². The van der Waals surface area contributed by atoms with Crippen LogP contribution in [0.4, 0.5) is 0 Å². The Balaban J connectivity index is 1.85. The molecule has 1 saturated heterocycles. The first kappa shape index (κ1) is 13.8. The molecule has 0 radical (unpaired) electrons. The number of carbonyl (C=O) groups is 1. The van der Waals surface area contributed by atoms with Crippen LogP contribution in [0.2, 0.25) is 0 Å². The molecule has 2 aliphatic rings. The molecule has 1 aliphatic carbocycles. The van der Waals surface area contributed by atoms with E-state index in [1.165, 1.54) is 13.1 Å². The summed E-state index contributed by atoms with van der Waals surface area (Å²) >= 11 is 0. The molecule has 4 unspecified atom stereocenters. The molecule has 4 nitrogen and oxygen atoms in total. The molecule has 1 saturated carbocycles. The van der Waals surface area contributed by atoms with E-state index in [0.29, 0.717) is 0 Å². The lowest BCUT2D eigenvalue weighted by Gasteiger charge is -2.29. The van der Waals surface area contributed by atoms with Crippen molar-refractivity contribution in [1.82, 2.24) is 4.90 Å². The second kappa shape index (κ2) is 5.17. The maximum atomic E-state index is 11.5. The van der Waals surface area contributed by atoms with Gasteiger partial charge in [-0.1, -0.05) is 20.3 Å². The van der Waals surface area contributed by atoms with E-state index in [-0.39, 0.29) is 11.8 Å². The van der Waals surface area contributed by atoms with Gasteiger partial charge in [0, 0.05) is 13.1 Å². The zero-order valence-electron chi connectivity index (χ0n) is 11.7. The number of hydrogen-bond donors (Lipinski definition) is 2. The van der Waals surface area contributed by atoms with Crippen molar-refractivity contribution in [3.05, 3.63) is 0 Å². The third-order valence-electron chi connectivity index (χ3n) is 5.19. The number of nitrogens with two attached hydrogens (primary N) is 2. The number of hydrogen-bond acceptors (Lipinski definition) is 3. The van der Waals surface area contributed by atoms with E-state index < -0.39 is 5.54 Å². The summed E-state index contributed by atoms with van der Waals surface area (Å²) in [7, 11) is 0. The molecule has 2 rings (SSSR count). The van der Waals surface area contributed by atoms with Crippen LogP contribution in [0.25, 0.3) is 0 Å². The number of carbonyl (C=O) groups excluding carboxylic acids is 1. The molecule has 104 valence electrons. The number of likely N-dealkylation sites (tertiary alicyclic amines) is 1. The fraction of sp³-hybridized carbons (Fsp3) is 0.929. The summed E-state index contributed by atoms with van der Waals surface area (Å²) in [6, 6.07) is 0. The lowest BCUT2D eigenvalue weighted by molar-refractivity contribution is -0.124. The Bertz CT molecular complexity index is 310. The molecule has 0 aromatic heterocycles. The largest absolute Gasteiger partial charge is 0.368 e. The summed E-state index contributed by atoms with van der Waals surface area (Å²) in [5.41, 5.74) is 10.9. The molecule has 0 aromatic rings. The summed E-state index contributed by atoms with van der Waals surface area (Å²) in [6.45, 7) is 8.06. The van der Waals surface area contributed by atoms with Crippen molar-refractivity contribution >= 4 is 5.91 Å². The molecule has 1 heterocycles. The van der Waals surface area contributed by atoms with E-state index in [1.807, 2.05) is 0 Å². The monoisotopic (exact) mass is 253 g/mol. The molecule has 1 amide bonds. The number of primary amides is 1. The predicted molar refractivity (Wildman–Crippen MR) is 72.8 cm³/mol. The van der Waals surface area contributed by atoms with Crippen LogP contribution < -0.4 is 11.5 Å². The van der Waals surface area contributed by atoms with Crippen LogP contribution in [0.3, 0.4) is 0 Å². The molecule has 1 aliphatic heterocycles. The zero-order valence-corrected chi connectivity index (χ0v) is 11.7. The van der Waals surface area contributed by atoms with E-state index >= 15 is 0 Å². The lowest BCUT2D eigenvalue weighted by atomic mass is 9.85. The number of amides is 1. The van der Waals surface area contributed by atoms with Crippen molar-refractivity contribution in [2.75, 3.05) is 19.6 Å². The molecule has 4 atom stereocenters. The van der Waals surface area contributed by atoms with Crippen LogP contribution in [0.15, 0.2) is 0 Å². The quantitative estimate of drug-likeness (QED) is 0.783. The number of rotatable bonds is 4. The van der Waals surface area contributed by atoms with Gasteiger partial charge in [0.15, 0.2) is 0 Å². The number of nitrogens with zero attached hydrogens (tertiary/aromatic N) is 1. The highest BCUT2D eigenvalue weighted by Crippen LogP contribution is 2.36. The molecule has 4 N–H and O–H groups in total. The van der Waals surface area contributed by atoms with Crippen LogP contribution in [0, 0.1) is 17.8 Å². The van der Waals surface area contributed by atoms with Crippen LogP contribution in [0.5, 0.6) is 0 Å². The second-order valence-corrected chi connectivity index (χ2v) is 6.50. The highest BCUT2D eigenvalue weighted by Gasteiger charge is 2.44. The topological polar surface area (TPSA) is 72.3 Å². The fourth-order valence-corrected chi connectivity index (χ4v) is 3.60. The van der Waals surface area contributed by atoms with Gasteiger partial charge >= 0.3 is 0 Å². The van der Waals surface area contributed by atoms with E-state index in [2.05, 4.69) is 18.7 Å². The normalized spacial score (nSPS) is 41.4. The minimum absolute atomic E-state index is 0.279. The Labute approximate surface area is 110 Å². The van der Waals surface area contributed by atoms with Gasteiger partial charge in [0.05, 0.1) is 5.54 Å². The highest BCUT2D eigenvalue weighted by molar-refractivity contribution is 5.85. The SMILES string of the molecule is CC1CN(CCC2CCCC2(N)C(N)=O)CC1C. The smallest absolute Gasteiger partial charge is 0.237 e.